The van der Waals surface area contributed by atoms with Gasteiger partial charge in [0.2, 0.25) is 0 Å². The fourth-order valence-electron chi connectivity index (χ4n) is 4.26. The van der Waals surface area contributed by atoms with E-state index in [-0.39, 0.29) is 0 Å². The van der Waals surface area contributed by atoms with Crippen molar-refractivity contribution in [3.05, 3.63) is 24.2 Å². The van der Waals surface area contributed by atoms with Crippen LogP contribution in [0.1, 0.15) is 57.4 Å². The number of hydrogen-bond acceptors (Lipinski definition) is 4. The van der Waals surface area contributed by atoms with Crippen LogP contribution in [-0.4, -0.2) is 45.1 Å². The largest absolute Gasteiger partial charge is 0.317 e. The molecule has 2 aromatic rings. The summed E-state index contributed by atoms with van der Waals surface area (Å²) in [5.41, 5.74) is 2.12. The van der Waals surface area contributed by atoms with Gasteiger partial charge in [0.1, 0.15) is 11.3 Å². The van der Waals surface area contributed by atoms with Gasteiger partial charge in [-0.2, -0.15) is 0 Å². The van der Waals surface area contributed by atoms with Crippen LogP contribution in [-0.2, 0) is 0 Å². The van der Waals surface area contributed by atoms with Crippen molar-refractivity contribution in [1.29, 1.82) is 0 Å². The number of nitrogens with zero attached hydrogens (tertiary/aromatic N) is 4. The molecule has 5 heteroatoms. The van der Waals surface area contributed by atoms with Gasteiger partial charge in [0, 0.05) is 24.7 Å². The van der Waals surface area contributed by atoms with Crippen LogP contribution in [0.15, 0.2) is 18.3 Å². The number of hydrogen-bond donors (Lipinski definition) is 1. The smallest absolute Gasteiger partial charge is 0.161 e. The van der Waals surface area contributed by atoms with Gasteiger partial charge in [-0.1, -0.05) is 0 Å². The summed E-state index contributed by atoms with van der Waals surface area (Å²) in [4.78, 5) is 12.3. The van der Waals surface area contributed by atoms with Gasteiger partial charge < -0.3 is 5.32 Å². The molecule has 2 aliphatic heterocycles. The summed E-state index contributed by atoms with van der Waals surface area (Å²) >= 11 is 0. The summed E-state index contributed by atoms with van der Waals surface area (Å²) in [5, 5.41) is 3.47. The van der Waals surface area contributed by atoms with Crippen LogP contribution in [0.5, 0.6) is 0 Å². The molecule has 23 heavy (non-hydrogen) atoms. The lowest BCUT2D eigenvalue weighted by atomic mass is 9.97. The second kappa shape index (κ2) is 6.21. The zero-order valence-electron chi connectivity index (χ0n) is 14.2. The van der Waals surface area contributed by atoms with E-state index in [4.69, 9.17) is 9.97 Å². The highest BCUT2D eigenvalue weighted by Gasteiger charge is 2.33. The van der Waals surface area contributed by atoms with Crippen LogP contribution in [0.4, 0.5) is 0 Å². The second-order valence-electron chi connectivity index (χ2n) is 7.16. The van der Waals surface area contributed by atoms with Crippen LogP contribution < -0.4 is 5.32 Å². The van der Waals surface area contributed by atoms with Gasteiger partial charge in [-0.15, -0.1) is 0 Å². The Balaban J connectivity index is 1.82. The van der Waals surface area contributed by atoms with Gasteiger partial charge in [0.15, 0.2) is 5.65 Å². The minimum Gasteiger partial charge on any atom is -0.317 e. The third kappa shape index (κ3) is 2.66. The van der Waals surface area contributed by atoms with E-state index < -0.39 is 0 Å². The average molecular weight is 313 g/mol. The normalized spacial score (nSPS) is 24.0. The Morgan fingerprint density at radius 1 is 1.22 bits per heavy atom. The molecule has 5 nitrogen and oxygen atoms in total. The predicted octanol–water partition coefficient (Wildman–Crippen LogP) is 2.90. The highest BCUT2D eigenvalue weighted by molar-refractivity contribution is 5.71. The average Bonchev–Trinajstić information content (AvgIpc) is 3.19. The zero-order chi connectivity index (χ0) is 15.8. The highest BCUT2D eigenvalue weighted by Crippen LogP contribution is 2.36. The molecule has 4 heterocycles. The van der Waals surface area contributed by atoms with E-state index in [0.29, 0.717) is 18.1 Å². The molecular formula is C18H27N5. The summed E-state index contributed by atoms with van der Waals surface area (Å²) in [6.45, 7) is 7.98. The molecule has 4 rings (SSSR count). The van der Waals surface area contributed by atoms with Crippen LogP contribution in [0, 0.1) is 0 Å². The molecule has 2 aromatic heterocycles. The van der Waals surface area contributed by atoms with Gasteiger partial charge in [-0.25, -0.2) is 9.97 Å². The van der Waals surface area contributed by atoms with E-state index in [1.807, 2.05) is 12.3 Å². The SMILES string of the molecule is CC(C)N1CCCC1n1c(C2CCNCC2)nc2cccnc21. The number of rotatable bonds is 3. The van der Waals surface area contributed by atoms with Crippen molar-refractivity contribution in [3.63, 3.8) is 0 Å². The quantitative estimate of drug-likeness (QED) is 0.946. The van der Waals surface area contributed by atoms with Crippen molar-refractivity contribution in [2.24, 2.45) is 0 Å². The van der Waals surface area contributed by atoms with Crippen molar-refractivity contribution in [3.8, 4) is 0 Å². The zero-order valence-corrected chi connectivity index (χ0v) is 14.2. The first kappa shape index (κ1) is 15.1. The molecule has 2 aliphatic rings. The van der Waals surface area contributed by atoms with Crippen molar-refractivity contribution < 1.29 is 0 Å². The van der Waals surface area contributed by atoms with Crippen molar-refractivity contribution in [1.82, 2.24) is 24.8 Å². The number of fused-ring (bicyclic) bond motifs is 1. The molecule has 0 amide bonds. The maximum absolute atomic E-state index is 5.02. The van der Waals surface area contributed by atoms with Crippen molar-refractivity contribution in [2.45, 2.75) is 57.7 Å². The number of aromatic nitrogens is 3. The number of likely N-dealkylation sites (tertiary alicyclic amines) is 1. The number of imidazole rings is 1. The monoisotopic (exact) mass is 313 g/mol. The Labute approximate surface area is 138 Å². The Kier molecular flexibility index (Phi) is 4.07. The summed E-state index contributed by atoms with van der Waals surface area (Å²) in [6, 6.07) is 4.67. The Bertz CT molecular complexity index is 671. The van der Waals surface area contributed by atoms with Gasteiger partial charge >= 0.3 is 0 Å². The molecule has 124 valence electrons. The van der Waals surface area contributed by atoms with Gasteiger partial charge in [-0.3, -0.25) is 9.47 Å². The maximum Gasteiger partial charge on any atom is 0.161 e. The van der Waals surface area contributed by atoms with Gasteiger partial charge in [0.05, 0.1) is 6.17 Å². The van der Waals surface area contributed by atoms with Crippen molar-refractivity contribution in [2.75, 3.05) is 19.6 Å². The first-order valence-corrected chi connectivity index (χ1v) is 9.05. The third-order valence-corrected chi connectivity index (χ3v) is 5.40. The predicted molar refractivity (Wildman–Crippen MR) is 92.5 cm³/mol. The van der Waals surface area contributed by atoms with E-state index in [2.05, 4.69) is 34.7 Å². The van der Waals surface area contributed by atoms with E-state index >= 15 is 0 Å². The van der Waals surface area contributed by atoms with Crippen LogP contribution in [0.3, 0.4) is 0 Å². The topological polar surface area (TPSA) is 46.0 Å². The number of pyridine rings is 1. The van der Waals surface area contributed by atoms with E-state index in [1.54, 1.807) is 0 Å². The first-order chi connectivity index (χ1) is 11.3. The van der Waals surface area contributed by atoms with Crippen molar-refractivity contribution >= 4 is 11.2 Å². The lowest BCUT2D eigenvalue weighted by Crippen LogP contribution is -2.35. The number of nitrogens with one attached hydrogen (secondary N) is 1. The molecule has 0 aromatic carbocycles. The molecule has 0 radical (unpaired) electrons. The molecule has 2 fully saturated rings. The Morgan fingerprint density at radius 2 is 2.04 bits per heavy atom. The fourth-order valence-corrected chi connectivity index (χ4v) is 4.26. The summed E-state index contributed by atoms with van der Waals surface area (Å²) in [7, 11) is 0. The molecule has 0 aliphatic carbocycles. The van der Waals surface area contributed by atoms with E-state index in [1.165, 1.54) is 38.1 Å². The van der Waals surface area contributed by atoms with Gasteiger partial charge in [-0.05, 0) is 64.8 Å². The fraction of sp³-hybridized carbons (Fsp3) is 0.667. The molecule has 0 saturated carbocycles. The standard InChI is InChI=1S/C18H27N5/c1-13(2)22-12-4-6-16(22)23-17(14-7-10-19-11-8-14)21-15-5-3-9-20-18(15)23/h3,5,9,13-14,16,19H,4,6-8,10-12H2,1-2H3. The second-order valence-corrected chi connectivity index (χ2v) is 7.16. The molecule has 2 saturated heterocycles. The molecule has 0 spiro atoms. The molecule has 1 unspecified atom stereocenters. The Morgan fingerprint density at radius 3 is 2.83 bits per heavy atom. The lowest BCUT2D eigenvalue weighted by molar-refractivity contribution is 0.149. The van der Waals surface area contributed by atoms with E-state index in [0.717, 1.165) is 24.3 Å². The minimum absolute atomic E-state index is 0.416. The van der Waals surface area contributed by atoms with Crippen LogP contribution >= 0.6 is 0 Å². The highest BCUT2D eigenvalue weighted by atomic mass is 15.4. The minimum atomic E-state index is 0.416. The molecular weight excluding hydrogens is 286 g/mol. The first-order valence-electron chi connectivity index (χ1n) is 9.05. The summed E-state index contributed by atoms with van der Waals surface area (Å²) < 4.78 is 2.47. The molecule has 1 atom stereocenters. The van der Waals surface area contributed by atoms with Crippen LogP contribution in [0.2, 0.25) is 0 Å². The third-order valence-electron chi connectivity index (χ3n) is 5.40. The number of piperidine rings is 1. The molecule has 0 bridgehead atoms. The Hall–Kier alpha value is -1.46. The summed E-state index contributed by atoms with van der Waals surface area (Å²) in [6.07, 6.45) is 7.15. The molecule has 1 N–H and O–H groups in total. The van der Waals surface area contributed by atoms with Gasteiger partial charge in [0.25, 0.3) is 0 Å². The lowest BCUT2D eigenvalue weighted by Gasteiger charge is -2.32. The van der Waals surface area contributed by atoms with E-state index in [9.17, 15) is 0 Å². The summed E-state index contributed by atoms with van der Waals surface area (Å²) in [5.74, 6) is 1.82. The maximum atomic E-state index is 5.02. The van der Waals surface area contributed by atoms with Crippen LogP contribution in [0.25, 0.3) is 11.2 Å².